The van der Waals surface area contributed by atoms with Crippen molar-refractivity contribution in [2.45, 2.75) is 24.3 Å². The third-order valence-electron chi connectivity index (χ3n) is 4.85. The van der Waals surface area contributed by atoms with Gasteiger partial charge in [0.05, 0.1) is 23.6 Å². The third-order valence-corrected chi connectivity index (χ3v) is 6.77. The quantitative estimate of drug-likeness (QED) is 0.747. The number of hydrogen-bond acceptors (Lipinski definition) is 5. The number of hydrogen-bond donors (Lipinski definition) is 1. The van der Waals surface area contributed by atoms with Crippen LogP contribution in [0.25, 0.3) is 0 Å². The number of piperazine rings is 1. The fraction of sp³-hybridized carbons (Fsp3) is 0.350. The van der Waals surface area contributed by atoms with Gasteiger partial charge in [-0.1, -0.05) is 31.2 Å². The van der Waals surface area contributed by atoms with Crippen LogP contribution in [0.15, 0.2) is 53.4 Å². The standard InChI is InChI=1S/C20H24N2O4S.ClH/c1-3-15-4-6-16(7-5-15)19-14-21-12-13-22(19)27(24,25)18-10-8-17(9-11-18)20(23)26-2;/h4-11,19,21H,3,12-14H2,1-2H3;1H. The molecule has 0 spiro atoms. The van der Waals surface area contributed by atoms with Crippen LogP contribution in [0.2, 0.25) is 0 Å². The fourth-order valence-electron chi connectivity index (χ4n) is 3.25. The van der Waals surface area contributed by atoms with Crippen LogP contribution in [0, 0.1) is 0 Å². The lowest BCUT2D eigenvalue weighted by Gasteiger charge is -2.35. The zero-order chi connectivity index (χ0) is 19.4. The molecule has 0 aromatic heterocycles. The molecule has 2 aromatic rings. The molecule has 0 aliphatic carbocycles. The van der Waals surface area contributed by atoms with E-state index in [1.54, 1.807) is 0 Å². The zero-order valence-electron chi connectivity index (χ0n) is 15.9. The molecule has 1 unspecified atom stereocenters. The maximum Gasteiger partial charge on any atom is 0.337 e. The number of halogens is 1. The molecule has 1 heterocycles. The molecule has 0 amide bonds. The number of ether oxygens (including phenoxy) is 1. The number of carbonyl (C=O) groups excluding carboxylic acids is 1. The van der Waals surface area contributed by atoms with E-state index in [-0.39, 0.29) is 23.3 Å². The van der Waals surface area contributed by atoms with E-state index in [4.69, 9.17) is 0 Å². The molecular weight excluding hydrogens is 400 g/mol. The van der Waals surface area contributed by atoms with Crippen LogP contribution in [-0.4, -0.2) is 45.4 Å². The van der Waals surface area contributed by atoms with E-state index >= 15 is 0 Å². The Morgan fingerprint density at radius 2 is 1.79 bits per heavy atom. The normalized spacial score (nSPS) is 17.6. The lowest BCUT2D eigenvalue weighted by atomic mass is 10.0. The van der Waals surface area contributed by atoms with Crippen LogP contribution in [-0.2, 0) is 21.2 Å². The van der Waals surface area contributed by atoms with Gasteiger partial charge >= 0.3 is 5.97 Å². The zero-order valence-corrected chi connectivity index (χ0v) is 17.6. The second-order valence-corrected chi connectivity index (χ2v) is 8.34. The van der Waals surface area contributed by atoms with E-state index in [0.717, 1.165) is 12.0 Å². The van der Waals surface area contributed by atoms with Gasteiger partial charge in [0.2, 0.25) is 10.0 Å². The molecule has 1 saturated heterocycles. The summed E-state index contributed by atoms with van der Waals surface area (Å²) in [6.07, 6.45) is 0.942. The maximum atomic E-state index is 13.2. The molecule has 6 nitrogen and oxygen atoms in total. The van der Waals surface area contributed by atoms with Crippen molar-refractivity contribution in [2.75, 3.05) is 26.7 Å². The van der Waals surface area contributed by atoms with Crippen molar-refractivity contribution >= 4 is 28.4 Å². The van der Waals surface area contributed by atoms with Crippen LogP contribution >= 0.6 is 12.4 Å². The van der Waals surface area contributed by atoms with Gasteiger partial charge in [0.1, 0.15) is 0 Å². The number of carbonyl (C=O) groups is 1. The summed E-state index contributed by atoms with van der Waals surface area (Å²) in [7, 11) is -2.39. The Bertz CT molecular complexity index is 899. The fourth-order valence-corrected chi connectivity index (χ4v) is 4.86. The summed E-state index contributed by atoms with van der Waals surface area (Å²) in [5.74, 6) is -0.491. The predicted octanol–water partition coefficient (Wildman–Crippen LogP) is 2.79. The average Bonchev–Trinajstić information content (AvgIpc) is 2.73. The van der Waals surface area contributed by atoms with Gasteiger partial charge in [0.25, 0.3) is 0 Å². The molecule has 1 aliphatic rings. The van der Waals surface area contributed by atoms with Crippen molar-refractivity contribution in [1.82, 2.24) is 9.62 Å². The van der Waals surface area contributed by atoms with Crippen LogP contribution in [0.3, 0.4) is 0 Å². The van der Waals surface area contributed by atoms with Gasteiger partial charge < -0.3 is 10.1 Å². The van der Waals surface area contributed by atoms with Crippen LogP contribution in [0.1, 0.15) is 34.5 Å². The lowest BCUT2D eigenvalue weighted by Crippen LogP contribution is -2.48. The van der Waals surface area contributed by atoms with Crippen molar-refractivity contribution in [3.05, 3.63) is 65.2 Å². The van der Waals surface area contributed by atoms with E-state index in [9.17, 15) is 13.2 Å². The first-order valence-corrected chi connectivity index (χ1v) is 10.4. The molecule has 152 valence electrons. The van der Waals surface area contributed by atoms with E-state index in [1.165, 1.54) is 41.2 Å². The molecule has 1 atom stereocenters. The van der Waals surface area contributed by atoms with Crippen LogP contribution in [0.4, 0.5) is 0 Å². The minimum absolute atomic E-state index is 0. The summed E-state index contributed by atoms with van der Waals surface area (Å²) >= 11 is 0. The number of benzene rings is 2. The highest BCUT2D eigenvalue weighted by atomic mass is 35.5. The minimum atomic E-state index is -3.68. The minimum Gasteiger partial charge on any atom is -0.465 e. The molecule has 1 aliphatic heterocycles. The van der Waals surface area contributed by atoms with Crippen molar-refractivity contribution in [1.29, 1.82) is 0 Å². The van der Waals surface area contributed by atoms with Gasteiger partial charge in [-0.2, -0.15) is 4.31 Å². The van der Waals surface area contributed by atoms with E-state index < -0.39 is 16.0 Å². The molecule has 0 bridgehead atoms. The second kappa shape index (κ2) is 9.52. The Morgan fingerprint density at radius 3 is 2.36 bits per heavy atom. The predicted molar refractivity (Wildman–Crippen MR) is 110 cm³/mol. The summed E-state index contributed by atoms with van der Waals surface area (Å²) in [6.45, 7) is 3.64. The van der Waals surface area contributed by atoms with Gasteiger partial charge in [-0.15, -0.1) is 12.4 Å². The highest BCUT2D eigenvalue weighted by Crippen LogP contribution is 2.29. The summed E-state index contributed by atoms with van der Waals surface area (Å²) in [4.78, 5) is 11.7. The summed E-state index contributed by atoms with van der Waals surface area (Å²) in [5.41, 5.74) is 2.51. The summed E-state index contributed by atoms with van der Waals surface area (Å²) in [5, 5.41) is 3.28. The molecule has 28 heavy (non-hydrogen) atoms. The van der Waals surface area contributed by atoms with Crippen LogP contribution < -0.4 is 5.32 Å². The lowest BCUT2D eigenvalue weighted by molar-refractivity contribution is 0.0600. The highest BCUT2D eigenvalue weighted by Gasteiger charge is 2.34. The molecular formula is C20H25ClN2O4S. The second-order valence-electron chi connectivity index (χ2n) is 6.45. The molecule has 1 N–H and O–H groups in total. The van der Waals surface area contributed by atoms with Crippen molar-refractivity contribution < 1.29 is 17.9 Å². The SMILES string of the molecule is CCc1ccc(C2CNCCN2S(=O)(=O)c2ccc(C(=O)OC)cc2)cc1.Cl. The van der Waals surface area contributed by atoms with Gasteiger partial charge in [-0.05, 0) is 41.8 Å². The van der Waals surface area contributed by atoms with Gasteiger partial charge in [0, 0.05) is 19.6 Å². The Morgan fingerprint density at radius 1 is 1.14 bits per heavy atom. The van der Waals surface area contributed by atoms with E-state index in [0.29, 0.717) is 25.2 Å². The number of methoxy groups -OCH3 is 1. The Balaban J connectivity index is 0.00000280. The van der Waals surface area contributed by atoms with Gasteiger partial charge in [-0.3, -0.25) is 0 Å². The first-order valence-electron chi connectivity index (χ1n) is 8.97. The maximum absolute atomic E-state index is 13.2. The number of esters is 1. The Labute approximate surface area is 172 Å². The van der Waals surface area contributed by atoms with Crippen molar-refractivity contribution in [3.63, 3.8) is 0 Å². The first kappa shape index (κ1) is 22.4. The summed E-state index contributed by atoms with van der Waals surface area (Å²) < 4.78 is 32.7. The number of rotatable bonds is 5. The Hall–Kier alpha value is -1.93. The molecule has 3 rings (SSSR count). The van der Waals surface area contributed by atoms with Crippen molar-refractivity contribution in [3.8, 4) is 0 Å². The molecule has 8 heteroatoms. The van der Waals surface area contributed by atoms with Gasteiger partial charge in [0.15, 0.2) is 0 Å². The van der Waals surface area contributed by atoms with E-state index in [2.05, 4.69) is 17.0 Å². The summed E-state index contributed by atoms with van der Waals surface area (Å²) in [6, 6.07) is 13.7. The Kier molecular flexibility index (Phi) is 7.60. The van der Waals surface area contributed by atoms with Gasteiger partial charge in [-0.25, -0.2) is 13.2 Å². The topological polar surface area (TPSA) is 75.7 Å². The number of nitrogens with one attached hydrogen (secondary N) is 1. The first-order chi connectivity index (χ1) is 13.0. The largest absolute Gasteiger partial charge is 0.465 e. The molecule has 0 radical (unpaired) electrons. The average molecular weight is 425 g/mol. The highest BCUT2D eigenvalue weighted by molar-refractivity contribution is 7.89. The monoisotopic (exact) mass is 424 g/mol. The molecule has 2 aromatic carbocycles. The smallest absolute Gasteiger partial charge is 0.337 e. The van der Waals surface area contributed by atoms with Crippen LogP contribution in [0.5, 0.6) is 0 Å². The third kappa shape index (κ3) is 4.55. The number of sulfonamides is 1. The molecule has 1 fully saturated rings. The van der Waals surface area contributed by atoms with Crippen molar-refractivity contribution in [2.24, 2.45) is 0 Å². The number of aryl methyl sites for hydroxylation is 1. The molecule has 0 saturated carbocycles. The van der Waals surface area contributed by atoms with E-state index in [1.807, 2.05) is 24.3 Å². The number of nitrogens with zero attached hydrogens (tertiary/aromatic N) is 1.